The molecule has 0 spiro atoms. The van der Waals surface area contributed by atoms with Gasteiger partial charge in [0.15, 0.2) is 0 Å². The molecule has 3 aromatic carbocycles. The fraction of sp³-hybridized carbons (Fsp3) is 0.143. The third kappa shape index (κ3) is 4.76. The highest BCUT2D eigenvalue weighted by molar-refractivity contribution is 6.02. The fourth-order valence-corrected chi connectivity index (χ4v) is 2.65. The van der Waals surface area contributed by atoms with Gasteiger partial charge in [0.25, 0.3) is 5.91 Å². The molecule has 0 heterocycles. The molecular weight excluding hydrogens is 342 g/mol. The summed E-state index contributed by atoms with van der Waals surface area (Å²) in [5.74, 6) is 0.603. The fourth-order valence-electron chi connectivity index (χ4n) is 2.65. The maximum Gasteiger partial charge on any atom is 0.259 e. The van der Waals surface area contributed by atoms with E-state index in [1.54, 1.807) is 6.07 Å². The Labute approximate surface area is 157 Å². The van der Waals surface area contributed by atoms with E-state index in [4.69, 9.17) is 4.74 Å². The third-order valence-electron chi connectivity index (χ3n) is 3.95. The van der Waals surface area contributed by atoms with Crippen molar-refractivity contribution in [3.05, 3.63) is 66.2 Å². The Morgan fingerprint density at radius 1 is 1.11 bits per heavy atom. The molecule has 0 saturated carbocycles. The van der Waals surface area contributed by atoms with Gasteiger partial charge in [0.05, 0.1) is 19.4 Å². The Hall–Kier alpha value is -3.54. The summed E-state index contributed by atoms with van der Waals surface area (Å²) in [6, 6.07) is 18.5. The second-order valence-electron chi connectivity index (χ2n) is 5.82. The van der Waals surface area contributed by atoms with Crippen LogP contribution in [0.1, 0.15) is 12.5 Å². The molecule has 3 rings (SSSR count). The van der Waals surface area contributed by atoms with Gasteiger partial charge in [-0.3, -0.25) is 4.79 Å². The third-order valence-corrected chi connectivity index (χ3v) is 3.95. The molecule has 0 aliphatic rings. The van der Waals surface area contributed by atoms with E-state index in [0.29, 0.717) is 12.2 Å². The number of hydrogen-bond acceptors (Lipinski definition) is 5. The average molecular weight is 363 g/mol. The van der Waals surface area contributed by atoms with E-state index in [-0.39, 0.29) is 18.2 Å². The summed E-state index contributed by atoms with van der Waals surface area (Å²) in [6.07, 6.45) is 1.45. The predicted molar refractivity (Wildman–Crippen MR) is 107 cm³/mol. The van der Waals surface area contributed by atoms with Crippen LogP contribution in [-0.2, 0) is 4.79 Å². The number of hydrogen-bond donors (Lipinski definition) is 3. The maximum absolute atomic E-state index is 11.9. The van der Waals surface area contributed by atoms with Crippen molar-refractivity contribution in [2.45, 2.75) is 6.92 Å². The lowest BCUT2D eigenvalue weighted by atomic mass is 10.0. The second kappa shape index (κ2) is 8.71. The molecule has 27 heavy (non-hydrogen) atoms. The first kappa shape index (κ1) is 18.3. The molecule has 0 atom stereocenters. The molecule has 3 aromatic rings. The zero-order valence-electron chi connectivity index (χ0n) is 15.0. The summed E-state index contributed by atoms with van der Waals surface area (Å²) in [5.41, 5.74) is 3.83. The van der Waals surface area contributed by atoms with E-state index in [1.807, 2.05) is 61.5 Å². The standard InChI is InChI=1S/C21H21N3O3/c1-2-27-17-10-8-16(9-11-17)22-14-21(26)24-23-13-19-18-6-4-3-5-15(18)7-12-20(19)25/h3-13,22,25H,2,14H2,1H3,(H,24,26)/b23-13-. The lowest BCUT2D eigenvalue weighted by Crippen LogP contribution is -2.25. The Morgan fingerprint density at radius 2 is 1.89 bits per heavy atom. The molecule has 0 saturated heterocycles. The number of rotatable bonds is 7. The Morgan fingerprint density at radius 3 is 2.67 bits per heavy atom. The molecular formula is C21H21N3O3. The molecule has 0 radical (unpaired) electrons. The van der Waals surface area contributed by atoms with Crippen LogP contribution in [0.25, 0.3) is 10.8 Å². The number of phenols is 1. The molecule has 3 N–H and O–H groups in total. The number of hydrazone groups is 1. The molecule has 6 heteroatoms. The van der Waals surface area contributed by atoms with E-state index in [9.17, 15) is 9.90 Å². The first-order valence-electron chi connectivity index (χ1n) is 8.66. The lowest BCUT2D eigenvalue weighted by molar-refractivity contribution is -0.119. The number of carbonyl (C=O) groups is 1. The van der Waals surface area contributed by atoms with Crippen molar-refractivity contribution in [1.82, 2.24) is 5.43 Å². The number of nitrogens with one attached hydrogen (secondary N) is 2. The Bertz CT molecular complexity index is 953. The quantitative estimate of drug-likeness (QED) is 0.443. The monoisotopic (exact) mass is 363 g/mol. The van der Waals surface area contributed by atoms with Crippen LogP contribution in [0.5, 0.6) is 11.5 Å². The molecule has 0 aromatic heterocycles. The number of aromatic hydroxyl groups is 1. The number of nitrogens with zero attached hydrogens (tertiary/aromatic N) is 1. The van der Waals surface area contributed by atoms with E-state index < -0.39 is 0 Å². The average Bonchev–Trinajstić information content (AvgIpc) is 2.69. The van der Waals surface area contributed by atoms with Crippen LogP contribution in [0.4, 0.5) is 5.69 Å². The number of amides is 1. The predicted octanol–water partition coefficient (Wildman–Crippen LogP) is 3.51. The van der Waals surface area contributed by atoms with E-state index in [0.717, 1.165) is 22.2 Å². The van der Waals surface area contributed by atoms with Crippen LogP contribution in [0, 0.1) is 0 Å². The molecule has 138 valence electrons. The van der Waals surface area contributed by atoms with Gasteiger partial charge in [-0.05, 0) is 48.0 Å². The first-order valence-corrected chi connectivity index (χ1v) is 8.66. The minimum Gasteiger partial charge on any atom is -0.507 e. The molecule has 0 fully saturated rings. The van der Waals surface area contributed by atoms with Gasteiger partial charge >= 0.3 is 0 Å². The van der Waals surface area contributed by atoms with Gasteiger partial charge in [-0.1, -0.05) is 30.3 Å². The zero-order valence-corrected chi connectivity index (χ0v) is 15.0. The first-order chi connectivity index (χ1) is 13.2. The molecule has 0 unspecified atom stereocenters. The summed E-state index contributed by atoms with van der Waals surface area (Å²) in [7, 11) is 0. The van der Waals surface area contributed by atoms with E-state index in [2.05, 4.69) is 15.8 Å². The van der Waals surface area contributed by atoms with Crippen molar-refractivity contribution in [1.29, 1.82) is 0 Å². The van der Waals surface area contributed by atoms with Crippen molar-refractivity contribution < 1.29 is 14.6 Å². The van der Waals surface area contributed by atoms with Crippen LogP contribution in [0.3, 0.4) is 0 Å². The van der Waals surface area contributed by atoms with Gasteiger partial charge in [-0.15, -0.1) is 0 Å². The highest BCUT2D eigenvalue weighted by atomic mass is 16.5. The minimum absolute atomic E-state index is 0.0762. The minimum atomic E-state index is -0.292. The van der Waals surface area contributed by atoms with Crippen LogP contribution in [0.2, 0.25) is 0 Å². The van der Waals surface area contributed by atoms with Gasteiger partial charge in [0.1, 0.15) is 11.5 Å². The van der Waals surface area contributed by atoms with E-state index in [1.165, 1.54) is 6.21 Å². The van der Waals surface area contributed by atoms with Gasteiger partial charge in [0, 0.05) is 11.3 Å². The van der Waals surface area contributed by atoms with Crippen LogP contribution >= 0.6 is 0 Å². The maximum atomic E-state index is 11.9. The van der Waals surface area contributed by atoms with Crippen LogP contribution in [0.15, 0.2) is 65.8 Å². The summed E-state index contributed by atoms with van der Waals surface area (Å²) in [4.78, 5) is 11.9. The second-order valence-corrected chi connectivity index (χ2v) is 5.82. The van der Waals surface area contributed by atoms with Gasteiger partial charge in [-0.25, -0.2) is 5.43 Å². The number of benzene rings is 3. The van der Waals surface area contributed by atoms with Gasteiger partial charge in [-0.2, -0.15) is 5.10 Å². The Kier molecular flexibility index (Phi) is 5.89. The molecule has 0 aliphatic carbocycles. The molecule has 1 amide bonds. The number of carbonyl (C=O) groups excluding carboxylic acids is 1. The van der Waals surface area contributed by atoms with E-state index >= 15 is 0 Å². The topological polar surface area (TPSA) is 83.0 Å². The number of fused-ring (bicyclic) bond motifs is 1. The van der Waals surface area contributed by atoms with Crippen molar-refractivity contribution in [2.24, 2.45) is 5.10 Å². The van der Waals surface area contributed by atoms with Crippen LogP contribution < -0.4 is 15.5 Å². The molecule has 6 nitrogen and oxygen atoms in total. The van der Waals surface area contributed by atoms with Crippen molar-refractivity contribution >= 4 is 28.6 Å². The van der Waals surface area contributed by atoms with Gasteiger partial charge < -0.3 is 15.2 Å². The normalized spacial score (nSPS) is 10.9. The van der Waals surface area contributed by atoms with Crippen LogP contribution in [-0.4, -0.2) is 30.4 Å². The number of phenolic OH excluding ortho intramolecular Hbond substituents is 1. The molecule has 0 aliphatic heterocycles. The summed E-state index contributed by atoms with van der Waals surface area (Å²) < 4.78 is 5.38. The van der Waals surface area contributed by atoms with Crippen molar-refractivity contribution in [2.75, 3.05) is 18.5 Å². The summed E-state index contributed by atoms with van der Waals surface area (Å²) in [5, 5.41) is 18.9. The summed E-state index contributed by atoms with van der Waals surface area (Å²) >= 11 is 0. The molecule has 0 bridgehead atoms. The smallest absolute Gasteiger partial charge is 0.259 e. The largest absolute Gasteiger partial charge is 0.507 e. The van der Waals surface area contributed by atoms with Gasteiger partial charge in [0.2, 0.25) is 0 Å². The van der Waals surface area contributed by atoms with Crippen molar-refractivity contribution in [3.8, 4) is 11.5 Å². The number of ether oxygens (including phenoxy) is 1. The number of anilines is 1. The highest BCUT2D eigenvalue weighted by Crippen LogP contribution is 2.25. The highest BCUT2D eigenvalue weighted by Gasteiger charge is 2.05. The Balaban J connectivity index is 1.57. The zero-order chi connectivity index (χ0) is 19.1. The lowest BCUT2D eigenvalue weighted by Gasteiger charge is -2.07. The van der Waals surface area contributed by atoms with Crippen molar-refractivity contribution in [3.63, 3.8) is 0 Å². The SMILES string of the molecule is CCOc1ccc(NCC(=O)N/N=C\c2c(O)ccc3ccccc23)cc1. The summed E-state index contributed by atoms with van der Waals surface area (Å²) in [6.45, 7) is 2.61.